The van der Waals surface area contributed by atoms with Crippen molar-refractivity contribution in [1.29, 1.82) is 5.41 Å². The molecule has 0 unspecified atom stereocenters. The van der Waals surface area contributed by atoms with Gasteiger partial charge in [-0.2, -0.15) is 0 Å². The van der Waals surface area contributed by atoms with Crippen LogP contribution in [0.3, 0.4) is 0 Å². The van der Waals surface area contributed by atoms with E-state index < -0.39 is 0 Å². The highest BCUT2D eigenvalue weighted by Gasteiger charge is 2.04. The molecule has 0 aliphatic rings. The number of hydrogen-bond acceptors (Lipinski definition) is 1. The zero-order chi connectivity index (χ0) is 14.8. The molecule has 0 saturated carbocycles. The molecule has 0 bridgehead atoms. The molecule has 0 aliphatic carbocycles. The number of amidine groups is 1. The molecule has 0 radical (unpaired) electrons. The summed E-state index contributed by atoms with van der Waals surface area (Å²) < 4.78 is 0. The summed E-state index contributed by atoms with van der Waals surface area (Å²) >= 11 is 0. The van der Waals surface area contributed by atoms with Crippen molar-refractivity contribution in [2.24, 2.45) is 4.99 Å². The van der Waals surface area contributed by atoms with E-state index in [1.165, 1.54) is 6.42 Å². The van der Waals surface area contributed by atoms with Crippen molar-refractivity contribution in [1.82, 2.24) is 0 Å². The molecule has 1 rings (SSSR count). The molecule has 0 aliphatic heterocycles. The summed E-state index contributed by atoms with van der Waals surface area (Å²) in [5, 5.41) is 7.57. The SMILES string of the molecule is C=NC(=N)c1ccc(C(=C)/C=C\C)c(C)c1.CCC. The number of aliphatic imine (C=N–C) groups is 1. The molecule has 2 nitrogen and oxygen atoms in total. The van der Waals surface area contributed by atoms with Crippen LogP contribution in [0, 0.1) is 12.3 Å². The Morgan fingerprint density at radius 2 is 1.95 bits per heavy atom. The van der Waals surface area contributed by atoms with Crippen LogP contribution < -0.4 is 0 Å². The molecule has 102 valence electrons. The maximum atomic E-state index is 7.57. The predicted molar refractivity (Wildman–Crippen MR) is 87.4 cm³/mol. The van der Waals surface area contributed by atoms with Crippen LogP contribution in [0.1, 0.15) is 43.9 Å². The topological polar surface area (TPSA) is 36.2 Å². The summed E-state index contributed by atoms with van der Waals surface area (Å²) in [6.45, 7) is 15.6. The summed E-state index contributed by atoms with van der Waals surface area (Å²) in [5.41, 5.74) is 3.95. The minimum atomic E-state index is 0.200. The van der Waals surface area contributed by atoms with Crippen LogP contribution in [-0.2, 0) is 0 Å². The standard InChI is InChI=1S/C14H16N2.C3H8/c1-5-6-10(2)13-8-7-12(9-11(13)3)14(15)16-4;1-3-2/h5-9,15H,2,4H2,1,3H3;3H2,1-2H3/b6-5-,15-14?;. The lowest BCUT2D eigenvalue weighted by Crippen LogP contribution is -1.96. The van der Waals surface area contributed by atoms with E-state index in [-0.39, 0.29) is 5.84 Å². The highest BCUT2D eigenvalue weighted by Crippen LogP contribution is 2.20. The number of nitrogens with one attached hydrogen (secondary N) is 1. The maximum Gasteiger partial charge on any atom is 0.151 e. The second kappa shape index (κ2) is 9.03. The molecule has 0 heterocycles. The molecule has 19 heavy (non-hydrogen) atoms. The smallest absolute Gasteiger partial charge is 0.151 e. The summed E-state index contributed by atoms with van der Waals surface area (Å²) in [5.74, 6) is 0.200. The summed E-state index contributed by atoms with van der Waals surface area (Å²) in [6, 6.07) is 5.77. The Bertz CT molecular complexity index is 482. The lowest BCUT2D eigenvalue weighted by atomic mass is 9.99. The second-order valence-electron chi connectivity index (χ2n) is 4.27. The molecule has 1 aromatic rings. The fraction of sp³-hybridized carbons (Fsp3) is 0.294. The maximum absolute atomic E-state index is 7.57. The highest BCUT2D eigenvalue weighted by molar-refractivity contribution is 5.99. The van der Waals surface area contributed by atoms with Crippen molar-refractivity contribution < 1.29 is 0 Å². The zero-order valence-electron chi connectivity index (χ0n) is 12.5. The van der Waals surface area contributed by atoms with E-state index in [4.69, 9.17) is 5.41 Å². The molecule has 0 spiro atoms. The van der Waals surface area contributed by atoms with Crippen LogP contribution in [0.25, 0.3) is 5.57 Å². The van der Waals surface area contributed by atoms with Crippen LogP contribution in [0.5, 0.6) is 0 Å². The van der Waals surface area contributed by atoms with Gasteiger partial charge in [0.1, 0.15) is 0 Å². The largest absolute Gasteiger partial charge is 0.282 e. The molecule has 0 saturated heterocycles. The van der Waals surface area contributed by atoms with Crippen molar-refractivity contribution in [3.63, 3.8) is 0 Å². The molecule has 0 fully saturated rings. The van der Waals surface area contributed by atoms with Gasteiger partial charge >= 0.3 is 0 Å². The van der Waals surface area contributed by atoms with Crippen molar-refractivity contribution in [3.8, 4) is 0 Å². The van der Waals surface area contributed by atoms with E-state index in [0.29, 0.717) is 0 Å². The number of rotatable bonds is 3. The van der Waals surface area contributed by atoms with E-state index in [9.17, 15) is 0 Å². The average Bonchev–Trinajstić information content (AvgIpc) is 2.38. The van der Waals surface area contributed by atoms with Crippen LogP contribution in [-0.4, -0.2) is 12.6 Å². The Labute approximate surface area is 117 Å². The van der Waals surface area contributed by atoms with Gasteiger partial charge in [-0.15, -0.1) is 0 Å². The zero-order valence-corrected chi connectivity index (χ0v) is 12.5. The average molecular weight is 256 g/mol. The highest BCUT2D eigenvalue weighted by atomic mass is 14.8. The van der Waals surface area contributed by atoms with Gasteiger partial charge in [-0.3, -0.25) is 5.41 Å². The minimum absolute atomic E-state index is 0.200. The minimum Gasteiger partial charge on any atom is -0.282 e. The number of nitrogens with zero attached hydrogens (tertiary/aromatic N) is 1. The van der Waals surface area contributed by atoms with Gasteiger partial charge < -0.3 is 0 Å². The van der Waals surface area contributed by atoms with Gasteiger partial charge in [-0.25, -0.2) is 4.99 Å². The fourth-order valence-corrected chi connectivity index (χ4v) is 1.55. The molecule has 1 N–H and O–H groups in total. The van der Waals surface area contributed by atoms with E-state index in [1.54, 1.807) is 0 Å². The third-order valence-electron chi connectivity index (χ3n) is 2.37. The van der Waals surface area contributed by atoms with Crippen LogP contribution >= 0.6 is 0 Å². The van der Waals surface area contributed by atoms with Gasteiger partial charge in [0, 0.05) is 5.56 Å². The fourth-order valence-electron chi connectivity index (χ4n) is 1.55. The Hall–Kier alpha value is -1.96. The van der Waals surface area contributed by atoms with Crippen LogP contribution in [0.15, 0.2) is 41.9 Å². The summed E-state index contributed by atoms with van der Waals surface area (Å²) in [6.07, 6.45) is 5.18. The molecule has 2 heteroatoms. The van der Waals surface area contributed by atoms with Gasteiger partial charge in [0.15, 0.2) is 5.84 Å². The van der Waals surface area contributed by atoms with Gasteiger partial charge in [0.25, 0.3) is 0 Å². The van der Waals surface area contributed by atoms with E-state index in [0.717, 1.165) is 22.3 Å². The van der Waals surface area contributed by atoms with Crippen molar-refractivity contribution in [2.75, 3.05) is 0 Å². The summed E-state index contributed by atoms with van der Waals surface area (Å²) in [4.78, 5) is 3.61. The Morgan fingerprint density at radius 1 is 1.37 bits per heavy atom. The number of allylic oxidation sites excluding steroid dienone is 3. The van der Waals surface area contributed by atoms with Gasteiger partial charge in [-0.05, 0) is 43.3 Å². The molecule has 1 aromatic carbocycles. The number of hydrogen-bond donors (Lipinski definition) is 1. The normalized spacial score (nSPS) is 9.68. The summed E-state index contributed by atoms with van der Waals surface area (Å²) in [7, 11) is 0. The van der Waals surface area contributed by atoms with Gasteiger partial charge in [-0.1, -0.05) is 51.1 Å². The molecular formula is C17H24N2. The Kier molecular flexibility index (Phi) is 8.10. The number of benzene rings is 1. The van der Waals surface area contributed by atoms with Gasteiger partial charge in [0.2, 0.25) is 0 Å². The molecule has 0 amide bonds. The van der Waals surface area contributed by atoms with Crippen molar-refractivity contribution in [3.05, 3.63) is 53.6 Å². The lowest BCUT2D eigenvalue weighted by Gasteiger charge is -2.07. The van der Waals surface area contributed by atoms with Crippen LogP contribution in [0.2, 0.25) is 0 Å². The predicted octanol–water partition coefficient (Wildman–Crippen LogP) is 5.03. The first-order valence-corrected chi connectivity index (χ1v) is 6.49. The third-order valence-corrected chi connectivity index (χ3v) is 2.37. The first-order valence-electron chi connectivity index (χ1n) is 6.49. The van der Waals surface area contributed by atoms with E-state index in [1.807, 2.05) is 44.2 Å². The Morgan fingerprint density at radius 3 is 2.37 bits per heavy atom. The van der Waals surface area contributed by atoms with Crippen LogP contribution in [0.4, 0.5) is 0 Å². The second-order valence-corrected chi connectivity index (χ2v) is 4.27. The first-order chi connectivity index (χ1) is 9.01. The monoisotopic (exact) mass is 256 g/mol. The molecular weight excluding hydrogens is 232 g/mol. The molecule has 0 atom stereocenters. The quantitative estimate of drug-likeness (QED) is 0.447. The van der Waals surface area contributed by atoms with E-state index >= 15 is 0 Å². The van der Waals surface area contributed by atoms with Crippen molar-refractivity contribution >= 4 is 18.1 Å². The third kappa shape index (κ3) is 5.47. The number of aryl methyl sites for hydroxylation is 1. The molecule has 0 aromatic heterocycles. The van der Waals surface area contributed by atoms with E-state index in [2.05, 4.69) is 32.1 Å². The lowest BCUT2D eigenvalue weighted by molar-refractivity contribution is 1.09. The Balaban J connectivity index is 0.000000982. The van der Waals surface area contributed by atoms with Gasteiger partial charge in [0.05, 0.1) is 0 Å². The first kappa shape index (κ1) is 17.0. The van der Waals surface area contributed by atoms with Crippen molar-refractivity contribution in [2.45, 2.75) is 34.1 Å².